The fourth-order valence-electron chi connectivity index (χ4n) is 2.23. The second kappa shape index (κ2) is 9.57. The van der Waals surface area contributed by atoms with Crippen molar-refractivity contribution in [2.24, 2.45) is 0 Å². The normalized spacial score (nSPS) is 10.4. The molecule has 144 valence electrons. The van der Waals surface area contributed by atoms with Crippen molar-refractivity contribution < 1.29 is 23.9 Å². The molecule has 0 bridgehead atoms. The highest BCUT2D eigenvalue weighted by Gasteiger charge is 2.18. The first-order valence-electron chi connectivity index (χ1n) is 8.06. The van der Waals surface area contributed by atoms with E-state index in [1.54, 1.807) is 12.1 Å². The molecule has 0 aliphatic heterocycles. The van der Waals surface area contributed by atoms with Crippen molar-refractivity contribution in [2.45, 2.75) is 20.5 Å². The number of nitro benzene ring substituents is 1. The van der Waals surface area contributed by atoms with Gasteiger partial charge in [-0.3, -0.25) is 10.1 Å². The lowest BCUT2D eigenvalue weighted by Gasteiger charge is -2.14. The van der Waals surface area contributed by atoms with Crippen LogP contribution < -0.4 is 9.47 Å². The molecule has 0 atom stereocenters. The number of benzene rings is 2. The van der Waals surface area contributed by atoms with E-state index in [2.05, 4.69) is 15.9 Å². The van der Waals surface area contributed by atoms with Crippen LogP contribution in [-0.4, -0.2) is 24.1 Å². The van der Waals surface area contributed by atoms with Crippen LogP contribution in [0.25, 0.3) is 0 Å². The van der Waals surface area contributed by atoms with Gasteiger partial charge in [0, 0.05) is 22.2 Å². The van der Waals surface area contributed by atoms with Gasteiger partial charge in [0.1, 0.15) is 6.61 Å². The van der Waals surface area contributed by atoms with E-state index in [4.69, 9.17) is 25.8 Å². The Kier molecular flexibility index (Phi) is 7.44. The Morgan fingerprint density at radius 1 is 1.15 bits per heavy atom. The summed E-state index contributed by atoms with van der Waals surface area (Å²) in [7, 11) is 0. The van der Waals surface area contributed by atoms with Gasteiger partial charge in [-0.2, -0.15) is 0 Å². The van der Waals surface area contributed by atoms with Gasteiger partial charge in [-0.25, -0.2) is 4.79 Å². The van der Waals surface area contributed by atoms with Gasteiger partial charge in [-0.1, -0.05) is 27.5 Å². The standard InChI is InChI=1S/C18H17BrClNO6/c1-3-25-16-7-11(14(19)9-17(16)26-4-2)10-27-18(22)13-8-12(21(23)24)5-6-15(13)20/h5-9H,3-4,10H2,1-2H3. The van der Waals surface area contributed by atoms with E-state index in [-0.39, 0.29) is 22.9 Å². The molecule has 0 saturated carbocycles. The number of ether oxygens (including phenoxy) is 3. The number of hydrogen-bond acceptors (Lipinski definition) is 6. The van der Waals surface area contributed by atoms with E-state index < -0.39 is 10.9 Å². The third kappa shape index (κ3) is 5.33. The number of nitrogens with zero attached hydrogens (tertiary/aromatic N) is 1. The van der Waals surface area contributed by atoms with Gasteiger partial charge in [0.25, 0.3) is 5.69 Å². The van der Waals surface area contributed by atoms with Crippen LogP contribution in [0.5, 0.6) is 11.5 Å². The predicted molar refractivity (Wildman–Crippen MR) is 104 cm³/mol. The van der Waals surface area contributed by atoms with Crippen molar-refractivity contribution in [1.29, 1.82) is 0 Å². The molecule has 2 aromatic carbocycles. The molecule has 0 N–H and O–H groups in total. The molecule has 0 heterocycles. The predicted octanol–water partition coefficient (Wildman–Crippen LogP) is 5.17. The maximum atomic E-state index is 12.3. The summed E-state index contributed by atoms with van der Waals surface area (Å²) in [5, 5.41) is 10.9. The van der Waals surface area contributed by atoms with Gasteiger partial charge in [0.05, 0.1) is 28.7 Å². The second-order valence-corrected chi connectivity index (χ2v) is 6.52. The summed E-state index contributed by atoms with van der Waals surface area (Å²) in [6.07, 6.45) is 0. The zero-order chi connectivity index (χ0) is 20.0. The van der Waals surface area contributed by atoms with Crippen LogP contribution in [0.15, 0.2) is 34.8 Å². The average molecular weight is 459 g/mol. The van der Waals surface area contributed by atoms with Crippen molar-refractivity contribution in [1.82, 2.24) is 0 Å². The molecule has 0 aliphatic rings. The summed E-state index contributed by atoms with van der Waals surface area (Å²) < 4.78 is 17.0. The van der Waals surface area contributed by atoms with Crippen LogP contribution >= 0.6 is 27.5 Å². The Morgan fingerprint density at radius 3 is 2.37 bits per heavy atom. The van der Waals surface area contributed by atoms with Crippen LogP contribution in [0.3, 0.4) is 0 Å². The molecule has 27 heavy (non-hydrogen) atoms. The summed E-state index contributed by atoms with van der Waals surface area (Å²) in [6, 6.07) is 7.04. The molecular weight excluding hydrogens is 442 g/mol. The summed E-state index contributed by atoms with van der Waals surface area (Å²) >= 11 is 9.37. The number of nitro groups is 1. The Labute approximate surface area is 169 Å². The third-order valence-corrected chi connectivity index (χ3v) is 4.52. The number of halogens is 2. The average Bonchev–Trinajstić information content (AvgIpc) is 2.63. The van der Waals surface area contributed by atoms with Crippen LogP contribution in [0.4, 0.5) is 5.69 Å². The van der Waals surface area contributed by atoms with Crippen LogP contribution in [0, 0.1) is 10.1 Å². The molecule has 0 radical (unpaired) electrons. The van der Waals surface area contributed by atoms with E-state index in [1.165, 1.54) is 12.1 Å². The van der Waals surface area contributed by atoms with Crippen molar-refractivity contribution >= 4 is 39.2 Å². The monoisotopic (exact) mass is 457 g/mol. The number of carbonyl (C=O) groups excluding carboxylic acids is 1. The molecule has 0 saturated heterocycles. The van der Waals surface area contributed by atoms with Crippen LogP contribution in [-0.2, 0) is 11.3 Å². The fourth-order valence-corrected chi connectivity index (χ4v) is 2.86. The molecule has 0 fully saturated rings. The van der Waals surface area contributed by atoms with Gasteiger partial charge in [-0.15, -0.1) is 0 Å². The van der Waals surface area contributed by atoms with Crippen molar-refractivity contribution in [3.8, 4) is 11.5 Å². The molecule has 2 aromatic rings. The van der Waals surface area contributed by atoms with E-state index >= 15 is 0 Å². The summed E-state index contributed by atoms with van der Waals surface area (Å²) in [6.45, 7) is 4.56. The van der Waals surface area contributed by atoms with Crippen molar-refractivity contribution in [3.05, 3.63) is 61.1 Å². The molecule has 0 amide bonds. The maximum absolute atomic E-state index is 12.3. The maximum Gasteiger partial charge on any atom is 0.340 e. The summed E-state index contributed by atoms with van der Waals surface area (Å²) in [4.78, 5) is 22.6. The minimum Gasteiger partial charge on any atom is -0.490 e. The molecule has 0 aliphatic carbocycles. The fraction of sp³-hybridized carbons (Fsp3) is 0.278. The highest BCUT2D eigenvalue weighted by molar-refractivity contribution is 9.10. The molecular formula is C18H17BrClNO6. The second-order valence-electron chi connectivity index (χ2n) is 5.25. The van der Waals surface area contributed by atoms with Crippen molar-refractivity contribution in [3.63, 3.8) is 0 Å². The zero-order valence-electron chi connectivity index (χ0n) is 14.7. The lowest BCUT2D eigenvalue weighted by atomic mass is 10.2. The lowest BCUT2D eigenvalue weighted by molar-refractivity contribution is -0.384. The number of rotatable bonds is 8. The largest absolute Gasteiger partial charge is 0.490 e. The summed E-state index contributed by atoms with van der Waals surface area (Å²) in [5.74, 6) is 0.340. The first-order chi connectivity index (χ1) is 12.9. The molecule has 0 aromatic heterocycles. The third-order valence-electron chi connectivity index (χ3n) is 3.45. The van der Waals surface area contributed by atoms with Gasteiger partial charge < -0.3 is 14.2 Å². The first-order valence-corrected chi connectivity index (χ1v) is 9.23. The highest BCUT2D eigenvalue weighted by atomic mass is 79.9. The Balaban J connectivity index is 2.21. The summed E-state index contributed by atoms with van der Waals surface area (Å²) in [5.41, 5.74) is 0.335. The SMILES string of the molecule is CCOc1cc(Br)c(COC(=O)c2cc([N+](=O)[O-])ccc2Cl)cc1OCC. The quantitative estimate of drug-likeness (QED) is 0.308. The lowest BCUT2D eigenvalue weighted by Crippen LogP contribution is -2.08. The first kappa shape index (κ1) is 21.0. The molecule has 2 rings (SSSR count). The van der Waals surface area contributed by atoms with E-state index in [0.29, 0.717) is 34.7 Å². The Morgan fingerprint density at radius 2 is 1.78 bits per heavy atom. The number of non-ortho nitro benzene ring substituents is 1. The minimum absolute atomic E-state index is 0.0713. The van der Waals surface area contributed by atoms with Gasteiger partial charge in [0.15, 0.2) is 11.5 Å². The van der Waals surface area contributed by atoms with E-state index in [0.717, 1.165) is 6.07 Å². The van der Waals surface area contributed by atoms with E-state index in [1.807, 2.05) is 13.8 Å². The van der Waals surface area contributed by atoms with Gasteiger partial charge in [-0.05, 0) is 32.0 Å². The van der Waals surface area contributed by atoms with Crippen molar-refractivity contribution in [2.75, 3.05) is 13.2 Å². The highest BCUT2D eigenvalue weighted by Crippen LogP contribution is 2.34. The molecule has 7 nitrogen and oxygen atoms in total. The topological polar surface area (TPSA) is 87.9 Å². The molecule has 0 unspecified atom stereocenters. The number of esters is 1. The smallest absolute Gasteiger partial charge is 0.340 e. The van der Waals surface area contributed by atoms with Gasteiger partial charge >= 0.3 is 5.97 Å². The number of carbonyl (C=O) groups is 1. The Hall–Kier alpha value is -2.32. The molecule has 9 heteroatoms. The zero-order valence-corrected chi connectivity index (χ0v) is 17.0. The molecule has 0 spiro atoms. The van der Waals surface area contributed by atoms with Crippen LogP contribution in [0.2, 0.25) is 5.02 Å². The van der Waals surface area contributed by atoms with E-state index in [9.17, 15) is 14.9 Å². The van der Waals surface area contributed by atoms with Crippen LogP contribution in [0.1, 0.15) is 29.8 Å². The minimum atomic E-state index is -0.762. The number of hydrogen-bond donors (Lipinski definition) is 0. The Bertz CT molecular complexity index is 858. The van der Waals surface area contributed by atoms with Gasteiger partial charge in [0.2, 0.25) is 0 Å².